The quantitative estimate of drug-likeness (QED) is 0.587. The molecule has 0 radical (unpaired) electrons. The minimum absolute atomic E-state index is 0.146. The lowest BCUT2D eigenvalue weighted by atomic mass is 10.2. The molecule has 0 saturated carbocycles. The van der Waals surface area contributed by atoms with Crippen molar-refractivity contribution in [2.24, 2.45) is 0 Å². The average molecular weight is 318 g/mol. The summed E-state index contributed by atoms with van der Waals surface area (Å²) in [5.74, 6) is -1.23. The van der Waals surface area contributed by atoms with Gasteiger partial charge in [-0.15, -0.1) is 0 Å². The van der Waals surface area contributed by atoms with Crippen molar-refractivity contribution in [2.45, 2.75) is 13.8 Å². The summed E-state index contributed by atoms with van der Waals surface area (Å²) in [5.41, 5.74) is 2.42. The van der Waals surface area contributed by atoms with Crippen molar-refractivity contribution in [3.63, 3.8) is 0 Å². The van der Waals surface area contributed by atoms with Crippen molar-refractivity contribution in [2.75, 3.05) is 5.32 Å². The second-order valence-electron chi connectivity index (χ2n) is 4.60. The molecule has 0 aromatic carbocycles. The Bertz CT molecular complexity index is 899. The van der Waals surface area contributed by atoms with E-state index in [-0.39, 0.29) is 5.76 Å². The summed E-state index contributed by atoms with van der Waals surface area (Å²) < 4.78 is 5.73. The molecule has 3 heterocycles. The molecule has 9 heteroatoms. The van der Waals surface area contributed by atoms with Gasteiger partial charge in [-0.2, -0.15) is 4.98 Å². The summed E-state index contributed by atoms with van der Waals surface area (Å²) in [4.78, 5) is 30.4. The molecule has 3 rings (SSSR count). The van der Waals surface area contributed by atoms with Crippen molar-refractivity contribution >= 4 is 38.6 Å². The van der Waals surface area contributed by atoms with Gasteiger partial charge in [0.15, 0.2) is 16.5 Å². The van der Waals surface area contributed by atoms with Crippen LogP contribution in [0, 0.1) is 24.0 Å². The summed E-state index contributed by atoms with van der Waals surface area (Å²) in [6, 6.07) is 4.30. The minimum Gasteiger partial charge on any atom is -0.395 e. The van der Waals surface area contributed by atoms with E-state index in [4.69, 9.17) is 4.42 Å². The van der Waals surface area contributed by atoms with Crippen LogP contribution < -0.4 is 5.32 Å². The molecular formula is C13H10N4O4S. The summed E-state index contributed by atoms with van der Waals surface area (Å²) >= 11 is 1.29. The zero-order valence-electron chi connectivity index (χ0n) is 11.6. The fraction of sp³-hybridized carbons (Fsp3) is 0.154. The van der Waals surface area contributed by atoms with Crippen LogP contribution in [0.3, 0.4) is 0 Å². The lowest BCUT2D eigenvalue weighted by Gasteiger charge is -1.96. The SMILES string of the molecule is Cc1cc(C)c2sc(NC(=O)c3ccc([N+](=O)[O-])o3)nc2n1. The monoisotopic (exact) mass is 318 g/mol. The molecule has 0 aliphatic rings. The molecule has 0 unspecified atom stereocenters. The number of nitrogens with one attached hydrogen (secondary N) is 1. The molecule has 1 amide bonds. The predicted octanol–water partition coefficient (Wildman–Crippen LogP) is 3.06. The topological polar surface area (TPSA) is 111 Å². The molecule has 8 nitrogen and oxygen atoms in total. The van der Waals surface area contributed by atoms with Crippen LogP contribution in [-0.4, -0.2) is 20.8 Å². The number of aryl methyl sites for hydroxylation is 2. The van der Waals surface area contributed by atoms with Gasteiger partial charge in [-0.1, -0.05) is 11.3 Å². The molecule has 0 spiro atoms. The van der Waals surface area contributed by atoms with Crippen LogP contribution in [0.15, 0.2) is 22.6 Å². The first-order valence-corrected chi connectivity index (χ1v) is 7.06. The van der Waals surface area contributed by atoms with Gasteiger partial charge in [0.05, 0.1) is 10.8 Å². The fourth-order valence-electron chi connectivity index (χ4n) is 1.98. The molecule has 0 bridgehead atoms. The predicted molar refractivity (Wildman–Crippen MR) is 80.2 cm³/mol. The zero-order chi connectivity index (χ0) is 15.9. The second-order valence-corrected chi connectivity index (χ2v) is 5.60. The van der Waals surface area contributed by atoms with Crippen LogP contribution in [-0.2, 0) is 0 Å². The van der Waals surface area contributed by atoms with E-state index in [9.17, 15) is 14.9 Å². The van der Waals surface area contributed by atoms with Crippen LogP contribution >= 0.6 is 11.3 Å². The molecule has 0 atom stereocenters. The maximum absolute atomic E-state index is 12.0. The number of anilines is 1. The van der Waals surface area contributed by atoms with Crippen molar-refractivity contribution in [1.82, 2.24) is 9.97 Å². The third kappa shape index (κ3) is 2.53. The Kier molecular flexibility index (Phi) is 3.33. The standard InChI is InChI=1S/C13H10N4O4S/c1-6-5-7(2)14-11-10(6)22-13(15-11)16-12(18)8-3-4-9(21-8)17(19)20/h3-5H,1-2H3,(H,14,15,16,18). The summed E-state index contributed by atoms with van der Waals surface area (Å²) in [5, 5.41) is 13.5. The maximum atomic E-state index is 12.0. The van der Waals surface area contributed by atoms with E-state index in [2.05, 4.69) is 15.3 Å². The van der Waals surface area contributed by atoms with Crippen molar-refractivity contribution in [3.05, 3.63) is 45.3 Å². The van der Waals surface area contributed by atoms with Gasteiger partial charge < -0.3 is 4.42 Å². The number of carbonyl (C=O) groups is 1. The lowest BCUT2D eigenvalue weighted by molar-refractivity contribution is -0.402. The molecular weight excluding hydrogens is 308 g/mol. The number of thiazole rings is 1. The summed E-state index contributed by atoms with van der Waals surface area (Å²) in [7, 11) is 0. The number of nitrogens with zero attached hydrogens (tertiary/aromatic N) is 3. The highest BCUT2D eigenvalue weighted by atomic mass is 32.1. The number of amides is 1. The van der Waals surface area contributed by atoms with Gasteiger partial charge in [-0.25, -0.2) is 4.98 Å². The van der Waals surface area contributed by atoms with Crippen LogP contribution in [0.25, 0.3) is 10.3 Å². The number of furan rings is 1. The lowest BCUT2D eigenvalue weighted by Crippen LogP contribution is -2.10. The molecule has 0 aliphatic heterocycles. The van der Waals surface area contributed by atoms with E-state index in [1.54, 1.807) is 0 Å². The third-order valence-corrected chi connectivity index (χ3v) is 3.99. The van der Waals surface area contributed by atoms with Gasteiger partial charge in [0.1, 0.15) is 4.92 Å². The highest BCUT2D eigenvalue weighted by Crippen LogP contribution is 2.28. The Morgan fingerprint density at radius 1 is 1.36 bits per heavy atom. The molecule has 3 aromatic rings. The van der Waals surface area contributed by atoms with Crippen molar-refractivity contribution < 1.29 is 14.1 Å². The van der Waals surface area contributed by atoms with Crippen molar-refractivity contribution in [3.8, 4) is 0 Å². The fourth-order valence-corrected chi connectivity index (χ4v) is 2.85. The molecule has 112 valence electrons. The first-order chi connectivity index (χ1) is 10.4. The molecule has 0 saturated heterocycles. The number of hydrogen-bond donors (Lipinski definition) is 1. The number of nitro groups is 1. The van der Waals surface area contributed by atoms with Crippen LogP contribution in [0.5, 0.6) is 0 Å². The molecule has 22 heavy (non-hydrogen) atoms. The third-order valence-electron chi connectivity index (χ3n) is 2.89. The average Bonchev–Trinajstić information content (AvgIpc) is 3.04. The normalized spacial score (nSPS) is 10.8. The Morgan fingerprint density at radius 3 is 2.82 bits per heavy atom. The van der Waals surface area contributed by atoms with Gasteiger partial charge in [0.25, 0.3) is 5.91 Å². The Hall–Kier alpha value is -2.81. The number of hydrogen-bond acceptors (Lipinski definition) is 7. The molecule has 0 aliphatic carbocycles. The van der Waals surface area contributed by atoms with Gasteiger partial charge in [0.2, 0.25) is 0 Å². The minimum atomic E-state index is -0.704. The van der Waals surface area contributed by atoms with E-state index in [0.717, 1.165) is 22.0 Å². The van der Waals surface area contributed by atoms with Gasteiger partial charge in [-0.05, 0) is 31.5 Å². The highest BCUT2D eigenvalue weighted by Gasteiger charge is 2.19. The summed E-state index contributed by atoms with van der Waals surface area (Å²) in [6.07, 6.45) is 0. The Morgan fingerprint density at radius 2 is 2.14 bits per heavy atom. The molecule has 0 fully saturated rings. The molecule has 3 aromatic heterocycles. The van der Waals surface area contributed by atoms with E-state index in [1.807, 2.05) is 19.9 Å². The zero-order valence-corrected chi connectivity index (χ0v) is 12.4. The first-order valence-electron chi connectivity index (χ1n) is 6.24. The van der Waals surface area contributed by atoms with Crippen LogP contribution in [0.1, 0.15) is 21.8 Å². The number of aromatic nitrogens is 2. The van der Waals surface area contributed by atoms with E-state index in [0.29, 0.717) is 10.8 Å². The Labute approximate surface area is 128 Å². The maximum Gasteiger partial charge on any atom is 0.433 e. The van der Waals surface area contributed by atoms with E-state index < -0.39 is 16.7 Å². The van der Waals surface area contributed by atoms with Crippen LogP contribution in [0.4, 0.5) is 11.0 Å². The van der Waals surface area contributed by atoms with E-state index in [1.165, 1.54) is 17.4 Å². The number of rotatable bonds is 3. The highest BCUT2D eigenvalue weighted by molar-refractivity contribution is 7.22. The number of pyridine rings is 1. The van der Waals surface area contributed by atoms with E-state index >= 15 is 0 Å². The smallest absolute Gasteiger partial charge is 0.395 e. The summed E-state index contributed by atoms with van der Waals surface area (Å²) in [6.45, 7) is 3.81. The largest absolute Gasteiger partial charge is 0.433 e. The van der Waals surface area contributed by atoms with Gasteiger partial charge in [0, 0.05) is 5.69 Å². The van der Waals surface area contributed by atoms with Gasteiger partial charge in [-0.3, -0.25) is 20.2 Å². The number of carbonyl (C=O) groups excluding carboxylic acids is 1. The Balaban J connectivity index is 1.87. The number of fused-ring (bicyclic) bond motifs is 1. The van der Waals surface area contributed by atoms with Gasteiger partial charge >= 0.3 is 5.88 Å². The first kappa shape index (κ1) is 14.1. The van der Waals surface area contributed by atoms with Crippen molar-refractivity contribution in [1.29, 1.82) is 0 Å². The second kappa shape index (κ2) is 5.19. The van der Waals surface area contributed by atoms with Crippen LogP contribution in [0.2, 0.25) is 0 Å². The molecule has 1 N–H and O–H groups in total.